The van der Waals surface area contributed by atoms with Crippen molar-refractivity contribution < 1.29 is 13.2 Å². The number of anilines is 1. The first-order valence-electron chi connectivity index (χ1n) is 5.74. The molecule has 0 saturated carbocycles. The molecule has 0 bridgehead atoms. The Bertz CT molecular complexity index is 824. The highest BCUT2D eigenvalue weighted by atomic mass is 32.2. The quantitative estimate of drug-likeness (QED) is 0.775. The van der Waals surface area contributed by atoms with Crippen LogP contribution in [0, 0.1) is 13.8 Å². The minimum Gasteiger partial charge on any atom is -0.292 e. The van der Waals surface area contributed by atoms with E-state index in [9.17, 15) is 18.0 Å². The Hall–Kier alpha value is -2.20. The Morgan fingerprint density at radius 2 is 2.10 bits per heavy atom. The summed E-state index contributed by atoms with van der Waals surface area (Å²) in [6.45, 7) is 3.20. The number of hydrogen-bond acceptors (Lipinski definition) is 6. The van der Waals surface area contributed by atoms with Crippen LogP contribution in [0.3, 0.4) is 0 Å². The van der Waals surface area contributed by atoms with Crippen molar-refractivity contribution in [3.8, 4) is 0 Å². The van der Waals surface area contributed by atoms with Crippen molar-refractivity contribution in [1.82, 2.24) is 14.7 Å². The number of nitrogens with one attached hydrogen (secondary N) is 3. The van der Waals surface area contributed by atoms with Crippen molar-refractivity contribution >= 4 is 33.3 Å². The van der Waals surface area contributed by atoms with Crippen LogP contribution in [0.15, 0.2) is 26.5 Å². The number of rotatable bonds is 3. The summed E-state index contributed by atoms with van der Waals surface area (Å²) in [5.41, 5.74) is 0.459. The van der Waals surface area contributed by atoms with Gasteiger partial charge < -0.3 is 0 Å². The summed E-state index contributed by atoms with van der Waals surface area (Å²) in [7, 11) is -3.93. The van der Waals surface area contributed by atoms with Gasteiger partial charge in [-0.05, 0) is 25.3 Å². The van der Waals surface area contributed by atoms with Crippen LogP contribution in [0.1, 0.15) is 11.3 Å². The number of carbonyl (C=O) groups excluding carboxylic acids is 1. The molecule has 0 aliphatic carbocycles. The lowest BCUT2D eigenvalue weighted by Gasteiger charge is -2.07. The summed E-state index contributed by atoms with van der Waals surface area (Å²) >= 11 is 0.981. The Kier molecular flexibility index (Phi) is 4.09. The summed E-state index contributed by atoms with van der Waals surface area (Å²) in [4.78, 5) is 29.5. The fourth-order valence-corrected chi connectivity index (χ4v) is 3.33. The lowest BCUT2D eigenvalue weighted by atomic mass is 10.3. The molecule has 0 aromatic carbocycles. The summed E-state index contributed by atoms with van der Waals surface area (Å²) < 4.78 is 25.5. The monoisotopic (exact) mass is 328 g/mol. The molecule has 0 saturated heterocycles. The van der Waals surface area contributed by atoms with Gasteiger partial charge in [0.15, 0.2) is 0 Å². The maximum Gasteiger partial charge on any atom is 0.335 e. The van der Waals surface area contributed by atoms with E-state index in [0.717, 1.165) is 11.3 Å². The maximum atomic E-state index is 11.8. The highest BCUT2D eigenvalue weighted by Gasteiger charge is 2.19. The van der Waals surface area contributed by atoms with Crippen molar-refractivity contribution in [1.29, 1.82) is 0 Å². The summed E-state index contributed by atoms with van der Waals surface area (Å²) in [6, 6.07) is 1.92. The van der Waals surface area contributed by atoms with Crippen LogP contribution in [0.2, 0.25) is 0 Å². The fourth-order valence-electron chi connectivity index (χ4n) is 1.43. The van der Waals surface area contributed by atoms with Gasteiger partial charge >= 0.3 is 6.03 Å². The Morgan fingerprint density at radius 1 is 1.38 bits per heavy atom. The molecule has 112 valence electrons. The predicted molar refractivity (Wildman–Crippen MR) is 78.0 cm³/mol. The molecule has 3 N–H and O–H groups in total. The Balaban J connectivity index is 2.15. The third-order valence-electron chi connectivity index (χ3n) is 2.61. The average Bonchev–Trinajstić information content (AvgIpc) is 2.89. The van der Waals surface area contributed by atoms with Crippen LogP contribution in [0.5, 0.6) is 0 Å². The molecule has 2 aromatic rings. The van der Waals surface area contributed by atoms with Crippen LogP contribution < -0.4 is 15.6 Å². The van der Waals surface area contributed by atoms with E-state index in [4.69, 9.17) is 0 Å². The fraction of sp³-hybridized carbons (Fsp3) is 0.182. The number of amides is 2. The van der Waals surface area contributed by atoms with E-state index in [1.807, 2.05) is 4.72 Å². The van der Waals surface area contributed by atoms with Crippen LogP contribution in [0.25, 0.3) is 0 Å². The summed E-state index contributed by atoms with van der Waals surface area (Å²) in [5.74, 6) is -0.123. The first-order valence-corrected chi connectivity index (χ1v) is 8.11. The molecule has 2 aromatic heterocycles. The summed E-state index contributed by atoms with van der Waals surface area (Å²) in [5, 5.41) is 3.76. The first-order chi connectivity index (χ1) is 9.79. The van der Waals surface area contributed by atoms with E-state index in [1.165, 1.54) is 6.07 Å². The van der Waals surface area contributed by atoms with E-state index in [2.05, 4.69) is 15.3 Å². The molecule has 0 atom stereocenters. The molecule has 8 nitrogen and oxygen atoms in total. The second kappa shape index (κ2) is 5.66. The smallest absolute Gasteiger partial charge is 0.292 e. The van der Waals surface area contributed by atoms with Crippen LogP contribution >= 0.6 is 11.3 Å². The van der Waals surface area contributed by atoms with Crippen LogP contribution in [0.4, 0.5) is 10.7 Å². The number of sulfonamides is 1. The first kappa shape index (κ1) is 15.2. The largest absolute Gasteiger partial charge is 0.335 e. The topological polar surface area (TPSA) is 121 Å². The molecule has 2 heterocycles. The number of urea groups is 1. The highest BCUT2D eigenvalue weighted by molar-refractivity contribution is 7.92. The number of hydrogen-bond donors (Lipinski definition) is 3. The number of nitrogens with zero attached hydrogens (tertiary/aromatic N) is 1. The molecule has 0 radical (unpaired) electrons. The van der Waals surface area contributed by atoms with E-state index in [0.29, 0.717) is 11.3 Å². The number of aryl methyl sites for hydroxylation is 1. The lowest BCUT2D eigenvalue weighted by molar-refractivity contribution is 0.256. The Labute approximate surface area is 124 Å². The van der Waals surface area contributed by atoms with Gasteiger partial charge in [-0.25, -0.2) is 22.9 Å². The number of thiophene rings is 1. The van der Waals surface area contributed by atoms with Crippen molar-refractivity contribution in [2.45, 2.75) is 18.1 Å². The second-order valence-corrected chi connectivity index (χ2v) is 6.97. The molecule has 2 amide bonds. The minimum absolute atomic E-state index is 0.0131. The third kappa shape index (κ3) is 3.47. The Morgan fingerprint density at radius 3 is 2.67 bits per heavy atom. The molecule has 0 aliphatic rings. The summed E-state index contributed by atoms with van der Waals surface area (Å²) in [6.07, 6.45) is 0. The van der Waals surface area contributed by atoms with E-state index >= 15 is 0 Å². The van der Waals surface area contributed by atoms with Gasteiger partial charge in [0.25, 0.3) is 15.6 Å². The van der Waals surface area contributed by atoms with Crippen molar-refractivity contribution in [3.63, 3.8) is 0 Å². The van der Waals surface area contributed by atoms with Gasteiger partial charge in [0.2, 0.25) is 5.95 Å². The zero-order chi connectivity index (χ0) is 15.6. The molecule has 0 fully saturated rings. The van der Waals surface area contributed by atoms with Gasteiger partial charge in [0.05, 0.1) is 0 Å². The minimum atomic E-state index is -3.93. The van der Waals surface area contributed by atoms with Gasteiger partial charge in [-0.3, -0.25) is 15.1 Å². The number of aromatic nitrogens is 2. The molecular weight excluding hydrogens is 316 g/mol. The van der Waals surface area contributed by atoms with Crippen molar-refractivity contribution in [2.75, 3.05) is 5.32 Å². The van der Waals surface area contributed by atoms with Gasteiger partial charge in [-0.1, -0.05) is 6.07 Å². The number of aromatic amines is 1. The van der Waals surface area contributed by atoms with Crippen LogP contribution in [-0.2, 0) is 10.0 Å². The van der Waals surface area contributed by atoms with E-state index < -0.39 is 21.6 Å². The zero-order valence-electron chi connectivity index (χ0n) is 11.1. The molecule has 2 rings (SSSR count). The number of H-pyrrole nitrogens is 1. The van der Waals surface area contributed by atoms with Gasteiger partial charge in [0.1, 0.15) is 4.21 Å². The molecule has 0 unspecified atom stereocenters. The average molecular weight is 328 g/mol. The van der Waals surface area contributed by atoms with E-state index in [1.54, 1.807) is 25.3 Å². The third-order valence-corrected chi connectivity index (χ3v) is 5.34. The van der Waals surface area contributed by atoms with Crippen LogP contribution in [-0.4, -0.2) is 24.4 Å². The molecule has 10 heteroatoms. The molecule has 0 spiro atoms. The standard InChI is InChI=1S/C11H12N4O4S2/c1-6-7(2)12-10(13-9(6)16)14-11(17)15-21(18,19)8-4-3-5-20-8/h3-5H,1-2H3,(H3,12,13,14,15,16,17). The normalized spacial score (nSPS) is 11.1. The highest BCUT2D eigenvalue weighted by Crippen LogP contribution is 2.15. The second-order valence-electron chi connectivity index (χ2n) is 4.12. The molecule has 0 aliphatic heterocycles. The predicted octanol–water partition coefficient (Wildman–Crippen LogP) is 0.959. The van der Waals surface area contributed by atoms with Crippen molar-refractivity contribution in [2.24, 2.45) is 0 Å². The van der Waals surface area contributed by atoms with Gasteiger partial charge in [-0.2, -0.15) is 0 Å². The maximum absolute atomic E-state index is 11.8. The van der Waals surface area contributed by atoms with Gasteiger partial charge in [0, 0.05) is 11.3 Å². The lowest BCUT2D eigenvalue weighted by Crippen LogP contribution is -2.35. The zero-order valence-corrected chi connectivity index (χ0v) is 12.8. The SMILES string of the molecule is Cc1nc(NC(=O)NS(=O)(=O)c2cccs2)[nH]c(=O)c1C. The van der Waals surface area contributed by atoms with Crippen molar-refractivity contribution in [3.05, 3.63) is 39.1 Å². The molecular formula is C11H12N4O4S2. The molecule has 21 heavy (non-hydrogen) atoms. The van der Waals surface area contributed by atoms with Gasteiger partial charge in [-0.15, -0.1) is 11.3 Å². The number of carbonyl (C=O) groups is 1. The van der Waals surface area contributed by atoms with E-state index in [-0.39, 0.29) is 10.2 Å².